The summed E-state index contributed by atoms with van der Waals surface area (Å²) in [6.07, 6.45) is 5.70. The number of hydrogen-bond acceptors (Lipinski definition) is 7. The Kier molecular flexibility index (Phi) is 5.35. The molecule has 0 atom stereocenters. The van der Waals surface area contributed by atoms with E-state index in [9.17, 15) is 0 Å². The molecule has 1 fully saturated rings. The molecule has 9 nitrogen and oxygen atoms in total. The van der Waals surface area contributed by atoms with Gasteiger partial charge in [-0.05, 0) is 25.7 Å². The average Bonchev–Trinajstić information content (AvgIpc) is 3.48. The van der Waals surface area contributed by atoms with Crippen LogP contribution in [0.25, 0.3) is 28.2 Å². The van der Waals surface area contributed by atoms with Crippen molar-refractivity contribution in [2.24, 2.45) is 0 Å². The van der Waals surface area contributed by atoms with Crippen molar-refractivity contribution in [1.82, 2.24) is 34.4 Å². The van der Waals surface area contributed by atoms with Gasteiger partial charge in [0.05, 0.1) is 18.9 Å². The highest BCUT2D eigenvalue weighted by Gasteiger charge is 2.19. The van der Waals surface area contributed by atoms with Gasteiger partial charge in [-0.25, -0.2) is 4.98 Å². The summed E-state index contributed by atoms with van der Waals surface area (Å²) in [6.45, 7) is 6.72. The topological polar surface area (TPSA) is 88.0 Å². The predicted molar refractivity (Wildman–Crippen MR) is 119 cm³/mol. The maximum Gasteiger partial charge on any atom is 0.240 e. The monoisotopic (exact) mass is 418 g/mol. The van der Waals surface area contributed by atoms with Crippen LogP contribution in [-0.2, 0) is 11.3 Å². The van der Waals surface area contributed by atoms with Gasteiger partial charge in [0.2, 0.25) is 11.9 Å². The molecule has 4 aromatic rings. The van der Waals surface area contributed by atoms with Gasteiger partial charge in [-0.15, -0.1) is 0 Å². The Morgan fingerprint density at radius 1 is 1.10 bits per heavy atom. The molecule has 0 radical (unpaired) electrons. The van der Waals surface area contributed by atoms with Crippen molar-refractivity contribution in [3.63, 3.8) is 0 Å². The number of ether oxygens (including phenoxy) is 1. The van der Waals surface area contributed by atoms with Crippen molar-refractivity contribution in [2.45, 2.75) is 13.5 Å². The molecule has 0 amide bonds. The minimum atomic E-state index is 0.567. The van der Waals surface area contributed by atoms with Gasteiger partial charge >= 0.3 is 0 Å². The van der Waals surface area contributed by atoms with E-state index in [4.69, 9.17) is 19.7 Å². The van der Waals surface area contributed by atoms with Gasteiger partial charge in [-0.2, -0.15) is 15.0 Å². The molecule has 1 aliphatic heterocycles. The first-order chi connectivity index (χ1) is 15.2. The lowest BCUT2D eigenvalue weighted by Gasteiger charge is -2.27. The molecule has 1 aliphatic rings. The number of benzene rings is 1. The summed E-state index contributed by atoms with van der Waals surface area (Å²) in [5, 5.41) is 1.09. The number of H-pyrrole nitrogens is 1. The van der Waals surface area contributed by atoms with Crippen molar-refractivity contribution >= 4 is 16.9 Å². The van der Waals surface area contributed by atoms with Crippen LogP contribution in [0.15, 0.2) is 43.0 Å². The second kappa shape index (κ2) is 8.44. The van der Waals surface area contributed by atoms with Crippen molar-refractivity contribution in [1.29, 1.82) is 0 Å². The Morgan fingerprint density at radius 2 is 1.94 bits per heavy atom. The third-order valence-electron chi connectivity index (χ3n) is 5.58. The normalized spacial score (nSPS) is 14.6. The highest BCUT2D eigenvalue weighted by Crippen LogP contribution is 2.27. The zero-order chi connectivity index (χ0) is 21.2. The van der Waals surface area contributed by atoms with Crippen molar-refractivity contribution in [2.75, 3.05) is 44.8 Å². The quantitative estimate of drug-likeness (QED) is 0.515. The number of morpholine rings is 1. The number of rotatable bonds is 6. The van der Waals surface area contributed by atoms with Crippen LogP contribution in [0.4, 0.5) is 5.95 Å². The number of hydrogen-bond donors (Lipinski definition) is 1. The molecule has 0 unspecified atom stereocenters. The molecule has 1 N–H and O–H groups in total. The molecule has 0 bridgehead atoms. The van der Waals surface area contributed by atoms with Gasteiger partial charge in [-0.3, -0.25) is 4.57 Å². The van der Waals surface area contributed by atoms with E-state index >= 15 is 0 Å². The largest absolute Gasteiger partial charge is 0.378 e. The Bertz CT molecular complexity index is 1180. The molecular weight excluding hydrogens is 392 g/mol. The fourth-order valence-corrected chi connectivity index (χ4v) is 3.72. The fraction of sp³-hybridized carbons (Fsp3) is 0.364. The van der Waals surface area contributed by atoms with Crippen LogP contribution in [0.3, 0.4) is 0 Å². The number of aromatic amines is 1. The van der Waals surface area contributed by atoms with Crippen molar-refractivity contribution in [3.8, 4) is 17.3 Å². The van der Waals surface area contributed by atoms with E-state index in [1.165, 1.54) is 0 Å². The molecule has 1 aromatic carbocycles. The molecule has 0 saturated carbocycles. The summed E-state index contributed by atoms with van der Waals surface area (Å²) in [4.78, 5) is 26.6. The first-order valence-corrected chi connectivity index (χ1v) is 10.6. The van der Waals surface area contributed by atoms with Crippen molar-refractivity contribution in [3.05, 3.63) is 48.7 Å². The van der Waals surface area contributed by atoms with Gasteiger partial charge in [-0.1, -0.05) is 19.1 Å². The Balaban J connectivity index is 1.59. The van der Waals surface area contributed by atoms with Crippen LogP contribution < -0.4 is 4.90 Å². The third kappa shape index (κ3) is 4.01. The van der Waals surface area contributed by atoms with Crippen LogP contribution in [0.2, 0.25) is 0 Å². The Hall–Kier alpha value is -3.30. The van der Waals surface area contributed by atoms with E-state index in [2.05, 4.69) is 45.9 Å². The molecule has 0 spiro atoms. The number of imidazole rings is 1. The van der Waals surface area contributed by atoms with E-state index in [1.54, 1.807) is 6.33 Å². The minimum Gasteiger partial charge on any atom is -0.378 e. The summed E-state index contributed by atoms with van der Waals surface area (Å²) in [7, 11) is 2.08. The van der Waals surface area contributed by atoms with Gasteiger partial charge < -0.3 is 19.5 Å². The van der Waals surface area contributed by atoms with Gasteiger partial charge in [0.15, 0.2) is 5.82 Å². The zero-order valence-corrected chi connectivity index (χ0v) is 17.8. The van der Waals surface area contributed by atoms with E-state index in [0.29, 0.717) is 30.9 Å². The molecule has 160 valence electrons. The van der Waals surface area contributed by atoms with Crippen LogP contribution >= 0.6 is 0 Å². The Labute approximate surface area is 180 Å². The number of fused-ring (bicyclic) bond motifs is 1. The van der Waals surface area contributed by atoms with Crippen LogP contribution in [0.5, 0.6) is 0 Å². The summed E-state index contributed by atoms with van der Waals surface area (Å²) in [5.41, 5.74) is 3.01. The SMILES string of the molecule is CCN(C)Cc1cn(-c2nc(-c3cccc4[nH]ccc34)nc(N3CCOCC3)n2)cn1. The average molecular weight is 419 g/mol. The first kappa shape index (κ1) is 19.7. The third-order valence-corrected chi connectivity index (χ3v) is 5.58. The van der Waals surface area contributed by atoms with Gasteiger partial charge in [0.1, 0.15) is 6.33 Å². The number of nitrogens with zero attached hydrogens (tertiary/aromatic N) is 7. The van der Waals surface area contributed by atoms with E-state index in [1.807, 2.05) is 29.1 Å². The van der Waals surface area contributed by atoms with E-state index in [-0.39, 0.29) is 0 Å². The molecule has 1 saturated heterocycles. The molecule has 0 aliphatic carbocycles. The highest BCUT2D eigenvalue weighted by molar-refractivity contribution is 5.93. The molecule has 4 heterocycles. The number of nitrogens with one attached hydrogen (secondary N) is 1. The summed E-state index contributed by atoms with van der Waals surface area (Å²) in [6, 6.07) is 8.17. The minimum absolute atomic E-state index is 0.567. The maximum absolute atomic E-state index is 5.51. The lowest BCUT2D eigenvalue weighted by atomic mass is 10.1. The lowest BCUT2D eigenvalue weighted by molar-refractivity contribution is 0.122. The van der Waals surface area contributed by atoms with E-state index in [0.717, 1.165) is 48.3 Å². The predicted octanol–water partition coefficient (Wildman–Crippen LogP) is 2.49. The molecule has 5 rings (SSSR count). The van der Waals surface area contributed by atoms with Crippen LogP contribution in [0, 0.1) is 0 Å². The standard InChI is InChI=1S/C22H26N8O/c1-3-28(2)13-16-14-30(15-24-16)22-26-20(18-5-4-6-19-17(18)7-8-23-19)25-21(27-22)29-9-11-31-12-10-29/h4-8,14-15,23H,3,9-13H2,1-2H3. The van der Waals surface area contributed by atoms with E-state index < -0.39 is 0 Å². The van der Waals surface area contributed by atoms with Crippen LogP contribution in [-0.4, -0.2) is 74.3 Å². The molecular formula is C22H26N8O. The highest BCUT2D eigenvalue weighted by atomic mass is 16.5. The fourth-order valence-electron chi connectivity index (χ4n) is 3.72. The van der Waals surface area contributed by atoms with Gasteiger partial charge in [0.25, 0.3) is 0 Å². The van der Waals surface area contributed by atoms with Crippen LogP contribution in [0.1, 0.15) is 12.6 Å². The Morgan fingerprint density at radius 3 is 2.77 bits per heavy atom. The molecule has 31 heavy (non-hydrogen) atoms. The first-order valence-electron chi connectivity index (χ1n) is 10.6. The lowest BCUT2D eigenvalue weighted by Crippen LogP contribution is -2.37. The summed E-state index contributed by atoms with van der Waals surface area (Å²) < 4.78 is 7.39. The smallest absolute Gasteiger partial charge is 0.240 e. The molecule has 9 heteroatoms. The number of aromatic nitrogens is 6. The zero-order valence-electron chi connectivity index (χ0n) is 17.8. The van der Waals surface area contributed by atoms with Gasteiger partial charge in [0, 0.05) is 48.5 Å². The molecule has 3 aromatic heterocycles. The second-order valence-corrected chi connectivity index (χ2v) is 7.71. The second-order valence-electron chi connectivity index (χ2n) is 7.71. The maximum atomic E-state index is 5.51. The summed E-state index contributed by atoms with van der Waals surface area (Å²) >= 11 is 0. The van der Waals surface area contributed by atoms with Crippen molar-refractivity contribution < 1.29 is 4.74 Å². The number of anilines is 1. The summed E-state index contributed by atoms with van der Waals surface area (Å²) in [5.74, 6) is 1.88.